The molecule has 1 fully saturated rings. The molecule has 434 valence electrons. The number of aliphatic imine (C=N–C) groups is 1. The van der Waals surface area contributed by atoms with Crippen molar-refractivity contribution in [2.45, 2.75) is 43.1 Å². The Morgan fingerprint density at radius 1 is 0.831 bits per heavy atom. The van der Waals surface area contributed by atoms with Crippen LogP contribution in [0.2, 0.25) is 0 Å². The minimum Gasteiger partial charge on any atom is -0.497 e. The van der Waals surface area contributed by atoms with E-state index in [0.717, 1.165) is 28.3 Å². The van der Waals surface area contributed by atoms with E-state index in [1.54, 1.807) is 55.4 Å². The number of allylic oxidation sites excluding steroid dienone is 2. The van der Waals surface area contributed by atoms with Crippen molar-refractivity contribution in [2.24, 2.45) is 9.52 Å². The van der Waals surface area contributed by atoms with E-state index in [4.69, 9.17) is 47.7 Å². The molecule has 2 N–H and O–H groups in total. The molecule has 23 heteroatoms. The maximum Gasteiger partial charge on any atom is 0.355 e. The average Bonchev–Trinajstić information content (AvgIpc) is 3.81. The number of esters is 1. The number of nitrogens with zero attached hydrogens (tertiary/aromatic N) is 5. The highest BCUT2D eigenvalue weighted by Crippen LogP contribution is 2.42. The van der Waals surface area contributed by atoms with Gasteiger partial charge in [-0.25, -0.2) is 28.4 Å². The van der Waals surface area contributed by atoms with E-state index in [1.165, 1.54) is 30.9 Å². The monoisotopic (exact) mass is 1170 g/mol. The lowest BCUT2D eigenvalue weighted by Gasteiger charge is -2.49. The van der Waals surface area contributed by atoms with Crippen LogP contribution in [0, 0.1) is 11.6 Å². The summed E-state index contributed by atoms with van der Waals surface area (Å²) in [6.45, 7) is -0.333. The van der Waals surface area contributed by atoms with Crippen molar-refractivity contribution in [2.75, 3.05) is 67.1 Å². The number of amidine groups is 1. The molecule has 3 atom stereocenters. The van der Waals surface area contributed by atoms with Crippen LogP contribution < -0.4 is 24.8 Å². The first-order chi connectivity index (χ1) is 40.6. The highest BCUT2D eigenvalue weighted by molar-refractivity contribution is 8.05. The molecular formula is C60H61F2N7O12S2. The number of imidazole rings is 1. The first-order valence-corrected chi connectivity index (χ1v) is 28.5. The summed E-state index contributed by atoms with van der Waals surface area (Å²) in [6.07, 6.45) is 8.51. The molecule has 3 unspecified atom stereocenters. The van der Waals surface area contributed by atoms with Gasteiger partial charge in [-0.1, -0.05) is 120 Å². The van der Waals surface area contributed by atoms with Crippen LogP contribution in [0.4, 0.5) is 8.78 Å². The first kappa shape index (κ1) is 59.6. The van der Waals surface area contributed by atoms with E-state index in [-0.39, 0.29) is 61.6 Å². The number of methoxy groups -OCH3 is 3. The Kier molecular flexibility index (Phi) is 21.0. The van der Waals surface area contributed by atoms with Gasteiger partial charge in [0.2, 0.25) is 17.4 Å². The number of carbonyl (C=O) groups is 3. The predicted molar refractivity (Wildman–Crippen MR) is 306 cm³/mol. The Bertz CT molecular complexity index is 3240. The minimum atomic E-state index is -1.43. The fourth-order valence-corrected chi connectivity index (χ4v) is 11.7. The summed E-state index contributed by atoms with van der Waals surface area (Å²) < 4.78 is 81.7. The normalized spacial score (nSPS) is 16.8. The second-order valence-corrected chi connectivity index (χ2v) is 21.1. The van der Waals surface area contributed by atoms with Crippen LogP contribution in [0.3, 0.4) is 0 Å². The summed E-state index contributed by atoms with van der Waals surface area (Å²) >= 11 is 1.40. The summed E-state index contributed by atoms with van der Waals surface area (Å²) in [7, 11) is 3.11. The summed E-state index contributed by atoms with van der Waals surface area (Å²) in [6, 6.07) is 36.2. The maximum absolute atomic E-state index is 16.5. The quantitative estimate of drug-likeness (QED) is 0.0113. The van der Waals surface area contributed by atoms with Gasteiger partial charge >= 0.3 is 5.97 Å². The van der Waals surface area contributed by atoms with Crippen molar-refractivity contribution in [1.82, 2.24) is 25.1 Å². The second kappa shape index (κ2) is 29.3. The lowest BCUT2D eigenvalue weighted by atomic mass is 9.77. The van der Waals surface area contributed by atoms with E-state index in [1.807, 2.05) is 108 Å². The number of halogens is 2. The van der Waals surface area contributed by atoms with Gasteiger partial charge in [0, 0.05) is 60.6 Å². The van der Waals surface area contributed by atoms with Crippen molar-refractivity contribution < 1.29 is 65.9 Å². The Hall–Kier alpha value is -8.03. The van der Waals surface area contributed by atoms with E-state index < -0.39 is 88.8 Å². The van der Waals surface area contributed by atoms with Crippen LogP contribution in [0.5, 0.6) is 17.2 Å². The second-order valence-electron chi connectivity index (χ2n) is 18.6. The van der Waals surface area contributed by atoms with Gasteiger partial charge in [-0.2, -0.15) is 0 Å². The van der Waals surface area contributed by atoms with Gasteiger partial charge in [0.05, 0.1) is 52.0 Å². The third-order valence-corrected chi connectivity index (χ3v) is 15.8. The highest BCUT2D eigenvalue weighted by atomic mass is 32.2. The standard InChI is InChI=1S/C60H61F2N7O12S2/c1-73-28-30-76-39-79-54-49(61)32-43(51(62)55(54)80-40-77-31-29-74-2)35-81-67-83-37-47(64-59(83)66-60(44-15-7-4-8-16-44,45-17-9-5-10-18-45)46-19-11-6-12-20-46)33-50(70)65-52-56(71)69-53(58(72)78-34-41-21-23-48(75-3)24-22-41)42(36-82-57(52)69)14-13-26-68-27-25-63-38-68/h4-25,27,32,37-38,52,57H,26,28-31,33-36,39-40H2,1-3H3,(H,64,66)(H,65,70). The summed E-state index contributed by atoms with van der Waals surface area (Å²) in [5, 5.41) is 7.91. The van der Waals surface area contributed by atoms with Crippen LogP contribution in [-0.4, -0.2) is 116 Å². The van der Waals surface area contributed by atoms with Crippen molar-refractivity contribution in [3.63, 3.8) is 0 Å². The molecule has 0 bridgehead atoms. The number of nitrogens with one attached hydrogen (secondary N) is 2. The molecular weight excluding hydrogens is 1110 g/mol. The predicted octanol–water partition coefficient (Wildman–Crippen LogP) is 8.24. The number of fused-ring (bicyclic) bond motifs is 1. The van der Waals surface area contributed by atoms with Crippen molar-refractivity contribution in [1.29, 1.82) is 0 Å². The molecule has 6 aromatic rings. The molecule has 0 aliphatic carbocycles. The van der Waals surface area contributed by atoms with Crippen LogP contribution >= 0.6 is 11.8 Å². The van der Waals surface area contributed by atoms with Crippen LogP contribution in [0.15, 0.2) is 184 Å². The molecule has 5 aromatic carbocycles. The van der Waals surface area contributed by atoms with Gasteiger partial charge in [0.1, 0.15) is 41.6 Å². The number of hydrogen-bond donors (Lipinski definition) is 2. The van der Waals surface area contributed by atoms with Crippen molar-refractivity contribution in [3.05, 3.63) is 214 Å². The smallest absolute Gasteiger partial charge is 0.355 e. The molecule has 1 aromatic heterocycles. The molecule has 0 saturated carbocycles. The van der Waals surface area contributed by atoms with E-state index in [2.05, 4.69) is 20.1 Å². The number of rotatable bonds is 29. The molecule has 0 spiro atoms. The van der Waals surface area contributed by atoms with Gasteiger partial charge in [-0.3, -0.25) is 14.5 Å². The van der Waals surface area contributed by atoms with Crippen molar-refractivity contribution >= 4 is 45.4 Å². The highest BCUT2D eigenvalue weighted by Gasteiger charge is 2.54. The molecule has 4 heterocycles. The molecule has 19 nitrogen and oxygen atoms in total. The number of thioether (sulfide) groups is 1. The number of aromatic nitrogens is 2. The molecule has 2 amide bonds. The number of β-lactam (4-membered cyclic amide) rings is 1. The molecule has 3 aliphatic heterocycles. The third-order valence-electron chi connectivity index (χ3n) is 13.2. The van der Waals surface area contributed by atoms with Crippen LogP contribution in [0.1, 0.15) is 34.2 Å². The fraction of sp³-hybridized carbons (Fsp3) is 0.283. The topological polar surface area (TPSA) is 204 Å². The average molecular weight is 1170 g/mol. The fourth-order valence-electron chi connectivity index (χ4n) is 9.11. The number of benzene rings is 5. The number of amides is 2. The van der Waals surface area contributed by atoms with E-state index >= 15 is 8.78 Å². The third kappa shape index (κ3) is 14.6. The zero-order chi connectivity index (χ0) is 58.0. The van der Waals surface area contributed by atoms with E-state index in [0.29, 0.717) is 23.6 Å². The molecule has 9 rings (SSSR count). The summed E-state index contributed by atoms with van der Waals surface area (Å²) in [5.41, 5.74) is 2.80. The molecule has 0 radical (unpaired) electrons. The van der Waals surface area contributed by atoms with Gasteiger partial charge in [0.15, 0.2) is 30.4 Å². The lowest BCUT2D eigenvalue weighted by Crippen LogP contribution is -2.70. The molecule has 3 aliphatic rings. The zero-order valence-corrected chi connectivity index (χ0v) is 47.3. The van der Waals surface area contributed by atoms with Gasteiger partial charge in [-0.05, 0) is 46.0 Å². The SMILES string of the molecule is COCCOCOc1c(F)cc(CON=S2C=C(CC(=O)NC3C(=O)N4C(C(=O)OCc5ccc(OC)cc5)=C(C=CCn5ccnc5)CSC34)N=C2NC(c2ccccc2)(c2ccccc2)c2ccccc2)c(F)c1OCOCCOC. The lowest BCUT2D eigenvalue weighted by molar-refractivity contribution is -0.153. The molecule has 1 saturated heterocycles. The van der Waals surface area contributed by atoms with Crippen molar-refractivity contribution in [3.8, 4) is 17.2 Å². The Morgan fingerprint density at radius 3 is 2.07 bits per heavy atom. The summed E-state index contributed by atoms with van der Waals surface area (Å²) in [4.78, 5) is 58.9. The number of carbonyl (C=O) groups excluding carboxylic acids is 3. The number of hydrogen-bond acceptors (Lipinski definition) is 17. The van der Waals surface area contributed by atoms with Gasteiger partial charge in [-0.15, -0.1) is 11.8 Å². The Morgan fingerprint density at radius 2 is 1.47 bits per heavy atom. The van der Waals surface area contributed by atoms with E-state index in [9.17, 15) is 14.4 Å². The Labute approximate surface area is 485 Å². The number of ether oxygens (including phenoxy) is 8. The van der Waals surface area contributed by atoms with Gasteiger partial charge in [0.25, 0.3) is 5.91 Å². The van der Waals surface area contributed by atoms with Crippen LogP contribution in [0.25, 0.3) is 0 Å². The Balaban J connectivity index is 0.989. The zero-order valence-electron chi connectivity index (χ0n) is 45.7. The van der Waals surface area contributed by atoms with Gasteiger partial charge < -0.3 is 53.1 Å². The minimum absolute atomic E-state index is 0.0563. The first-order valence-electron chi connectivity index (χ1n) is 26.2. The molecule has 83 heavy (non-hydrogen) atoms. The van der Waals surface area contributed by atoms with Crippen LogP contribution in [-0.2, 0) is 78.9 Å². The maximum atomic E-state index is 16.5. The largest absolute Gasteiger partial charge is 0.497 e. The summed E-state index contributed by atoms with van der Waals surface area (Å²) in [5.74, 6) is -3.83.